The fourth-order valence-corrected chi connectivity index (χ4v) is 1.45. The molecule has 0 aliphatic heterocycles. The lowest BCUT2D eigenvalue weighted by Gasteiger charge is -2.18. The van der Waals surface area contributed by atoms with Gasteiger partial charge in [0.2, 0.25) is 5.88 Å². The number of hydrogen-bond donors (Lipinski definition) is 0. The normalized spacial score (nSPS) is 11.1. The summed E-state index contributed by atoms with van der Waals surface area (Å²) in [5.41, 5.74) is 0.219. The highest BCUT2D eigenvalue weighted by Gasteiger charge is 2.21. The first-order valence-corrected chi connectivity index (χ1v) is 5.16. The largest absolute Gasteiger partial charge is 0.457 e. The van der Waals surface area contributed by atoms with Gasteiger partial charge in [0.25, 0.3) is 0 Å². The first kappa shape index (κ1) is 11.2. The van der Waals surface area contributed by atoms with Crippen LogP contribution in [0.4, 0.5) is 0 Å². The maximum Gasteiger partial charge on any atom is 0.245 e. The topological polar surface area (TPSA) is 43.6 Å². The summed E-state index contributed by atoms with van der Waals surface area (Å²) >= 11 is 0. The Hall–Kier alpha value is -2.28. The Balaban J connectivity index is 2.55. The van der Waals surface area contributed by atoms with Gasteiger partial charge < -0.3 is 4.74 Å². The van der Waals surface area contributed by atoms with Gasteiger partial charge >= 0.3 is 0 Å². The van der Waals surface area contributed by atoms with Crippen molar-refractivity contribution in [1.82, 2.24) is 9.38 Å². The van der Waals surface area contributed by atoms with Crippen LogP contribution in [-0.4, -0.2) is 21.3 Å². The minimum absolute atomic E-state index is 0.258. The van der Waals surface area contributed by atoms with Gasteiger partial charge in [0.15, 0.2) is 11.9 Å². The molecule has 2 heterocycles. The predicted molar refractivity (Wildman–Crippen MR) is 64.1 cm³/mol. The summed E-state index contributed by atoms with van der Waals surface area (Å²) in [7, 11) is 0. The first-order valence-electron chi connectivity index (χ1n) is 5.16. The molecule has 0 radical (unpaired) electrons. The van der Waals surface area contributed by atoms with Crippen LogP contribution >= 0.6 is 0 Å². The Morgan fingerprint density at radius 2 is 2.29 bits per heavy atom. The first-order chi connectivity index (χ1) is 8.07. The second kappa shape index (κ2) is 3.95. The number of terminal acetylenes is 1. The Morgan fingerprint density at radius 3 is 2.94 bits per heavy atom. The number of aldehydes is 1. The molecular formula is C13H12N2O2. The lowest BCUT2D eigenvalue weighted by molar-refractivity contribution is 0.110. The maximum atomic E-state index is 11.1. The van der Waals surface area contributed by atoms with Gasteiger partial charge in [-0.25, -0.2) is 0 Å². The van der Waals surface area contributed by atoms with Crippen LogP contribution in [0.25, 0.3) is 5.65 Å². The van der Waals surface area contributed by atoms with Crippen molar-refractivity contribution >= 4 is 11.9 Å². The summed E-state index contributed by atoms with van der Waals surface area (Å²) in [6.45, 7) is 3.48. The van der Waals surface area contributed by atoms with Gasteiger partial charge in [-0.1, -0.05) is 12.0 Å². The summed E-state index contributed by atoms with van der Waals surface area (Å²) in [6.07, 6.45) is 7.80. The van der Waals surface area contributed by atoms with E-state index in [1.807, 2.05) is 12.1 Å². The monoisotopic (exact) mass is 228 g/mol. The van der Waals surface area contributed by atoms with E-state index in [4.69, 9.17) is 11.2 Å². The van der Waals surface area contributed by atoms with Crippen LogP contribution in [0, 0.1) is 12.3 Å². The van der Waals surface area contributed by atoms with Crippen molar-refractivity contribution in [3.05, 3.63) is 30.1 Å². The number of nitrogens with zero attached hydrogens (tertiary/aromatic N) is 2. The molecule has 0 N–H and O–H groups in total. The van der Waals surface area contributed by atoms with Gasteiger partial charge in [0.1, 0.15) is 11.3 Å². The lowest BCUT2D eigenvalue weighted by Crippen LogP contribution is -2.26. The third-order valence-corrected chi connectivity index (χ3v) is 2.34. The zero-order valence-corrected chi connectivity index (χ0v) is 9.68. The number of fused-ring (bicyclic) bond motifs is 1. The highest BCUT2D eigenvalue weighted by Crippen LogP contribution is 2.22. The average Bonchev–Trinajstić information content (AvgIpc) is 2.65. The number of pyridine rings is 1. The Kier molecular flexibility index (Phi) is 2.60. The van der Waals surface area contributed by atoms with Gasteiger partial charge in [-0.05, 0) is 26.0 Å². The van der Waals surface area contributed by atoms with E-state index in [1.54, 1.807) is 30.5 Å². The zero-order valence-electron chi connectivity index (χ0n) is 9.68. The molecule has 0 bridgehead atoms. The Bertz CT molecular complexity index is 605. The molecule has 0 fully saturated rings. The van der Waals surface area contributed by atoms with Gasteiger partial charge in [0, 0.05) is 6.20 Å². The van der Waals surface area contributed by atoms with Crippen molar-refractivity contribution in [3.63, 3.8) is 0 Å². The number of carbonyl (C=O) groups excluding carboxylic acids is 1. The van der Waals surface area contributed by atoms with E-state index in [2.05, 4.69) is 10.9 Å². The van der Waals surface area contributed by atoms with Crippen LogP contribution in [0.5, 0.6) is 5.88 Å². The lowest BCUT2D eigenvalue weighted by atomic mass is 10.1. The molecule has 0 amide bonds. The Labute approximate surface area is 99.2 Å². The van der Waals surface area contributed by atoms with Crippen LogP contribution in [0.2, 0.25) is 0 Å². The van der Waals surface area contributed by atoms with Gasteiger partial charge in [-0.3, -0.25) is 9.20 Å². The average molecular weight is 228 g/mol. The molecule has 4 nitrogen and oxygen atoms in total. The van der Waals surface area contributed by atoms with Crippen LogP contribution in [-0.2, 0) is 0 Å². The molecule has 0 saturated heterocycles. The molecule has 86 valence electrons. The van der Waals surface area contributed by atoms with E-state index in [-0.39, 0.29) is 5.88 Å². The number of rotatable bonds is 3. The fourth-order valence-electron chi connectivity index (χ4n) is 1.45. The summed E-state index contributed by atoms with van der Waals surface area (Å²) < 4.78 is 7.22. The Morgan fingerprint density at radius 1 is 1.53 bits per heavy atom. The quantitative estimate of drug-likeness (QED) is 0.595. The molecule has 0 atom stereocenters. The van der Waals surface area contributed by atoms with Crippen LogP contribution in [0.15, 0.2) is 24.4 Å². The standard InChI is InChI=1S/C13H12N2O2/c1-4-13(2,3)17-12-10(9-16)15-8-6-5-7-11(15)14-12/h1,5-9H,2-3H3. The second-order valence-corrected chi connectivity index (χ2v) is 4.11. The van der Waals surface area contributed by atoms with E-state index < -0.39 is 5.60 Å². The zero-order chi connectivity index (χ0) is 12.5. The van der Waals surface area contributed by atoms with E-state index in [0.717, 1.165) is 0 Å². The predicted octanol–water partition coefficient (Wildman–Crippen LogP) is 1.94. The number of aromatic nitrogens is 2. The third kappa shape index (κ3) is 2.00. The molecule has 2 aromatic rings. The molecule has 17 heavy (non-hydrogen) atoms. The molecule has 0 aromatic carbocycles. The molecule has 0 saturated carbocycles. The van der Waals surface area contributed by atoms with Crippen molar-refractivity contribution in [2.24, 2.45) is 0 Å². The third-order valence-electron chi connectivity index (χ3n) is 2.34. The van der Waals surface area contributed by atoms with E-state index >= 15 is 0 Å². The highest BCUT2D eigenvalue weighted by molar-refractivity contribution is 5.78. The van der Waals surface area contributed by atoms with Crippen LogP contribution < -0.4 is 4.74 Å². The second-order valence-electron chi connectivity index (χ2n) is 4.11. The summed E-state index contributed by atoms with van der Waals surface area (Å²) in [6, 6.07) is 5.45. The van der Waals surface area contributed by atoms with E-state index in [9.17, 15) is 4.79 Å². The molecule has 2 rings (SSSR count). The van der Waals surface area contributed by atoms with Crippen LogP contribution in [0.1, 0.15) is 24.3 Å². The minimum atomic E-state index is -0.796. The molecule has 0 unspecified atom stereocenters. The van der Waals surface area contributed by atoms with Crippen molar-refractivity contribution in [3.8, 4) is 18.2 Å². The van der Waals surface area contributed by atoms with E-state index in [1.165, 1.54) is 0 Å². The van der Waals surface area contributed by atoms with Gasteiger partial charge in [0.05, 0.1) is 0 Å². The number of ether oxygens (including phenoxy) is 1. The summed E-state index contributed by atoms with van der Waals surface area (Å²) in [5, 5.41) is 0. The van der Waals surface area contributed by atoms with Gasteiger partial charge in [-0.2, -0.15) is 4.98 Å². The maximum absolute atomic E-state index is 11.1. The molecule has 0 aliphatic carbocycles. The van der Waals surface area contributed by atoms with Crippen LogP contribution in [0.3, 0.4) is 0 Å². The SMILES string of the molecule is C#CC(C)(C)Oc1nc2ccccn2c1C=O. The molecule has 0 spiro atoms. The molecular weight excluding hydrogens is 216 g/mol. The highest BCUT2D eigenvalue weighted by atomic mass is 16.5. The van der Waals surface area contributed by atoms with Crippen molar-refractivity contribution < 1.29 is 9.53 Å². The number of imidazole rings is 1. The van der Waals surface area contributed by atoms with Crippen molar-refractivity contribution in [2.75, 3.05) is 0 Å². The summed E-state index contributed by atoms with van der Waals surface area (Å²) in [4.78, 5) is 15.3. The minimum Gasteiger partial charge on any atom is -0.457 e. The number of carbonyl (C=O) groups is 1. The van der Waals surface area contributed by atoms with Crippen molar-refractivity contribution in [2.45, 2.75) is 19.4 Å². The number of hydrogen-bond acceptors (Lipinski definition) is 3. The molecule has 0 aliphatic rings. The fraction of sp³-hybridized carbons (Fsp3) is 0.231. The van der Waals surface area contributed by atoms with Gasteiger partial charge in [-0.15, -0.1) is 6.42 Å². The molecule has 2 aromatic heterocycles. The summed E-state index contributed by atoms with van der Waals surface area (Å²) in [5.74, 6) is 2.76. The van der Waals surface area contributed by atoms with E-state index in [0.29, 0.717) is 17.6 Å². The van der Waals surface area contributed by atoms with Crippen molar-refractivity contribution in [1.29, 1.82) is 0 Å². The molecule has 4 heteroatoms. The smallest absolute Gasteiger partial charge is 0.245 e.